The Morgan fingerprint density at radius 1 is 1.41 bits per heavy atom. The highest BCUT2D eigenvalue weighted by molar-refractivity contribution is 14.1. The zero-order valence-electron chi connectivity index (χ0n) is 7.43. The predicted octanol–water partition coefficient (Wildman–Crippen LogP) is 3.17. The summed E-state index contributed by atoms with van der Waals surface area (Å²) in [5.41, 5.74) is 0. The Morgan fingerprint density at radius 2 is 1.94 bits per heavy atom. The van der Waals surface area contributed by atoms with E-state index < -0.39 is 31.2 Å². The predicted molar refractivity (Wildman–Crippen MR) is 61.7 cm³/mol. The van der Waals surface area contributed by atoms with Crippen LogP contribution in [0.2, 0.25) is 5.02 Å². The minimum absolute atomic E-state index is 0.0240. The molecule has 4 nitrogen and oxygen atoms in total. The summed E-state index contributed by atoms with van der Waals surface area (Å²) < 4.78 is 61.7. The Bertz CT molecular complexity index is 548. The molecule has 0 aliphatic heterocycles. The number of hydrogen-bond acceptors (Lipinski definition) is 4. The van der Waals surface area contributed by atoms with Crippen molar-refractivity contribution in [2.45, 2.75) is 11.3 Å². The zero-order valence-corrected chi connectivity index (χ0v) is 11.9. The smallest absolute Gasteiger partial charge is 0.386 e. The zero-order chi connectivity index (χ0) is 13.4. The molecule has 1 rings (SSSR count). The van der Waals surface area contributed by atoms with E-state index >= 15 is 0 Å². The maximum atomic E-state index is 12.0. The Balaban J connectivity index is 3.47. The van der Waals surface area contributed by atoms with Gasteiger partial charge < -0.3 is 4.74 Å². The molecule has 0 saturated carbocycles. The number of halogens is 6. The lowest BCUT2D eigenvalue weighted by molar-refractivity contribution is -0.277. The number of hydrogen-bond donors (Lipinski definition) is 0. The first-order valence-electron chi connectivity index (χ1n) is 3.57. The standard InChI is InChI=1S/C6HCl2F3INO3S/c7-2-1-3(12)13-5(16-6(9,10)11)4(2)17(8,14)15/h1H. The van der Waals surface area contributed by atoms with E-state index in [4.69, 9.17) is 22.3 Å². The van der Waals surface area contributed by atoms with Crippen molar-refractivity contribution < 1.29 is 26.3 Å². The van der Waals surface area contributed by atoms with E-state index in [0.29, 0.717) is 0 Å². The third-order valence-corrected chi connectivity index (χ3v) is 3.63. The van der Waals surface area contributed by atoms with Crippen molar-refractivity contribution in [1.29, 1.82) is 0 Å². The molecule has 1 heterocycles. The minimum Gasteiger partial charge on any atom is -0.386 e. The van der Waals surface area contributed by atoms with E-state index in [-0.39, 0.29) is 3.70 Å². The van der Waals surface area contributed by atoms with Crippen molar-refractivity contribution in [3.05, 3.63) is 14.8 Å². The molecule has 0 atom stereocenters. The van der Waals surface area contributed by atoms with Gasteiger partial charge in [0.05, 0.1) is 5.02 Å². The molecule has 0 N–H and O–H groups in total. The fraction of sp³-hybridized carbons (Fsp3) is 0.167. The lowest BCUT2D eigenvalue weighted by atomic mass is 10.5. The summed E-state index contributed by atoms with van der Waals surface area (Å²) in [6.45, 7) is 0. The highest BCUT2D eigenvalue weighted by Gasteiger charge is 2.36. The van der Waals surface area contributed by atoms with Gasteiger partial charge in [0.15, 0.2) is 4.90 Å². The van der Waals surface area contributed by atoms with E-state index in [1.807, 2.05) is 0 Å². The molecule has 0 fully saturated rings. The van der Waals surface area contributed by atoms with Crippen LogP contribution in [0.5, 0.6) is 5.88 Å². The van der Waals surface area contributed by atoms with Crippen molar-refractivity contribution in [2.24, 2.45) is 0 Å². The first-order chi connectivity index (χ1) is 7.50. The number of pyridine rings is 1. The van der Waals surface area contributed by atoms with Crippen LogP contribution in [-0.2, 0) is 9.05 Å². The molecule has 0 bridgehead atoms. The number of aromatic nitrogens is 1. The van der Waals surface area contributed by atoms with E-state index in [1.54, 1.807) is 22.6 Å². The molecule has 1 aromatic rings. The molecule has 0 aromatic carbocycles. The summed E-state index contributed by atoms with van der Waals surface area (Å²) in [4.78, 5) is 2.27. The molecule has 0 spiro atoms. The maximum absolute atomic E-state index is 12.0. The largest absolute Gasteiger partial charge is 0.574 e. The van der Waals surface area contributed by atoms with Crippen LogP contribution in [0.1, 0.15) is 0 Å². The van der Waals surface area contributed by atoms with Crippen LogP contribution < -0.4 is 4.74 Å². The molecule has 0 unspecified atom stereocenters. The highest BCUT2D eigenvalue weighted by Crippen LogP contribution is 2.35. The van der Waals surface area contributed by atoms with Gasteiger partial charge in [0, 0.05) is 10.7 Å². The normalized spacial score (nSPS) is 12.6. The molecule has 0 radical (unpaired) electrons. The topological polar surface area (TPSA) is 56.3 Å². The Labute approximate surface area is 117 Å². The molecule has 96 valence electrons. The summed E-state index contributed by atoms with van der Waals surface area (Å²) in [5.74, 6) is -1.20. The number of alkyl halides is 3. The van der Waals surface area contributed by atoms with E-state index in [9.17, 15) is 21.6 Å². The van der Waals surface area contributed by atoms with Gasteiger partial charge in [-0.3, -0.25) is 0 Å². The van der Waals surface area contributed by atoms with Crippen LogP contribution in [-0.4, -0.2) is 19.8 Å². The second kappa shape index (κ2) is 4.94. The van der Waals surface area contributed by atoms with Crippen molar-refractivity contribution in [1.82, 2.24) is 4.98 Å². The number of nitrogens with zero attached hydrogens (tertiary/aromatic N) is 1. The third kappa shape index (κ3) is 4.30. The van der Waals surface area contributed by atoms with Gasteiger partial charge in [0.1, 0.15) is 3.70 Å². The molecule has 0 amide bonds. The van der Waals surface area contributed by atoms with Crippen LogP contribution in [0.25, 0.3) is 0 Å². The van der Waals surface area contributed by atoms with Gasteiger partial charge in [-0.1, -0.05) is 11.6 Å². The van der Waals surface area contributed by atoms with Crippen LogP contribution in [0.15, 0.2) is 11.0 Å². The minimum atomic E-state index is -5.10. The van der Waals surface area contributed by atoms with Gasteiger partial charge in [-0.2, -0.15) is 0 Å². The summed E-state index contributed by atoms with van der Waals surface area (Å²) >= 11 is 7.04. The van der Waals surface area contributed by atoms with Crippen molar-refractivity contribution in [3.8, 4) is 5.88 Å². The van der Waals surface area contributed by atoms with Crippen molar-refractivity contribution in [3.63, 3.8) is 0 Å². The van der Waals surface area contributed by atoms with E-state index in [0.717, 1.165) is 6.07 Å². The molecule has 17 heavy (non-hydrogen) atoms. The summed E-state index contributed by atoms with van der Waals surface area (Å²) in [7, 11) is 0.444. The lowest BCUT2D eigenvalue weighted by Gasteiger charge is -2.11. The van der Waals surface area contributed by atoms with Crippen LogP contribution in [0.4, 0.5) is 13.2 Å². The van der Waals surface area contributed by atoms with Crippen LogP contribution in [0, 0.1) is 3.70 Å². The van der Waals surface area contributed by atoms with Gasteiger partial charge in [-0.05, 0) is 28.7 Å². The monoisotopic (exact) mass is 421 g/mol. The highest BCUT2D eigenvalue weighted by atomic mass is 127. The van der Waals surface area contributed by atoms with Crippen molar-refractivity contribution in [2.75, 3.05) is 0 Å². The summed E-state index contributed by atoms with van der Waals surface area (Å²) in [6, 6.07) is 1.04. The SMILES string of the molecule is O=S(=O)(Cl)c1c(Cl)cc(I)nc1OC(F)(F)F. The Hall–Kier alpha value is -0.000000000000000222. The van der Waals surface area contributed by atoms with Crippen LogP contribution >= 0.6 is 44.9 Å². The first-order valence-corrected chi connectivity index (χ1v) is 7.34. The third-order valence-electron chi connectivity index (χ3n) is 1.32. The molecule has 0 aliphatic rings. The first kappa shape index (κ1) is 15.1. The summed E-state index contributed by atoms with van der Waals surface area (Å²) in [5, 5.41) is -0.501. The maximum Gasteiger partial charge on any atom is 0.574 e. The quantitative estimate of drug-likeness (QED) is 0.418. The Kier molecular flexibility index (Phi) is 4.37. The second-order valence-corrected chi connectivity index (χ2v) is 6.56. The van der Waals surface area contributed by atoms with E-state index in [2.05, 4.69) is 9.72 Å². The molecular formula is C6HCl2F3INO3S. The Morgan fingerprint density at radius 3 is 2.35 bits per heavy atom. The van der Waals surface area contributed by atoms with E-state index in [1.165, 1.54) is 0 Å². The van der Waals surface area contributed by atoms with Gasteiger partial charge in [0.2, 0.25) is 5.88 Å². The van der Waals surface area contributed by atoms with Gasteiger partial charge in [0.25, 0.3) is 9.05 Å². The number of rotatable bonds is 2. The molecule has 1 aromatic heterocycles. The number of ether oxygens (including phenoxy) is 1. The molecule has 11 heteroatoms. The average Bonchev–Trinajstić information content (AvgIpc) is 1.94. The van der Waals surface area contributed by atoms with Gasteiger partial charge in [-0.25, -0.2) is 13.4 Å². The fourth-order valence-electron chi connectivity index (χ4n) is 0.852. The summed E-state index contributed by atoms with van der Waals surface area (Å²) in [6.07, 6.45) is -5.10. The van der Waals surface area contributed by atoms with Gasteiger partial charge in [-0.15, -0.1) is 13.2 Å². The molecule has 0 aliphatic carbocycles. The lowest BCUT2D eigenvalue weighted by Crippen LogP contribution is -2.19. The van der Waals surface area contributed by atoms with Crippen LogP contribution in [0.3, 0.4) is 0 Å². The second-order valence-electron chi connectivity index (χ2n) is 2.55. The van der Waals surface area contributed by atoms with Crippen molar-refractivity contribution >= 4 is 53.9 Å². The van der Waals surface area contributed by atoms with Gasteiger partial charge >= 0.3 is 6.36 Å². The molecular weight excluding hydrogens is 421 g/mol. The average molecular weight is 422 g/mol. The fourth-order valence-corrected chi connectivity index (χ4v) is 3.21. The molecule has 0 saturated heterocycles.